The molecule has 0 unspecified atom stereocenters. The molecule has 0 N–H and O–H groups in total. The summed E-state index contributed by atoms with van der Waals surface area (Å²) in [5.41, 5.74) is 2.00. The Hall–Kier alpha value is -1.68. The number of halogens is 1. The van der Waals surface area contributed by atoms with Gasteiger partial charge in [0.05, 0.1) is 6.20 Å². The van der Waals surface area contributed by atoms with Crippen LogP contribution in [0, 0.1) is 6.92 Å². The summed E-state index contributed by atoms with van der Waals surface area (Å²) < 4.78 is 1.63. The molecule has 2 rings (SSSR count). The Kier molecular flexibility index (Phi) is 3.77. The molecule has 0 saturated carbocycles. The maximum Gasteiger partial charge on any atom is 0.213 e. The molecule has 0 aliphatic rings. The maximum absolute atomic E-state index is 12.4. The molecule has 1 aromatic carbocycles. The van der Waals surface area contributed by atoms with Crippen molar-refractivity contribution in [1.29, 1.82) is 0 Å². The van der Waals surface area contributed by atoms with E-state index in [0.717, 1.165) is 12.0 Å². The third-order valence-corrected chi connectivity index (χ3v) is 2.97. The third-order valence-electron chi connectivity index (χ3n) is 2.73. The van der Waals surface area contributed by atoms with Gasteiger partial charge in [0.1, 0.15) is 5.69 Å². The van der Waals surface area contributed by atoms with Crippen LogP contribution in [0.5, 0.6) is 0 Å². The highest BCUT2D eigenvalue weighted by atomic mass is 35.5. The second kappa shape index (κ2) is 5.31. The van der Waals surface area contributed by atoms with Gasteiger partial charge in [-0.15, -0.1) is 5.10 Å². The monoisotopic (exact) mass is 263 g/mol. The Bertz CT molecular complexity index is 577. The third kappa shape index (κ3) is 2.43. The van der Waals surface area contributed by atoms with Gasteiger partial charge in [-0.2, -0.15) is 0 Å². The van der Waals surface area contributed by atoms with Gasteiger partial charge in [0.2, 0.25) is 5.78 Å². The van der Waals surface area contributed by atoms with Crippen molar-refractivity contribution in [2.75, 3.05) is 0 Å². The standard InChI is InChI=1S/C13H14ClN3O/c1-3-6-17-12(8-15-16-17)13(18)11-7-10(14)5-4-9(11)2/h4-5,7-8H,3,6H2,1-2H3. The lowest BCUT2D eigenvalue weighted by Crippen LogP contribution is -2.12. The minimum Gasteiger partial charge on any atom is -0.287 e. The van der Waals surface area contributed by atoms with E-state index in [-0.39, 0.29) is 5.78 Å². The van der Waals surface area contributed by atoms with E-state index >= 15 is 0 Å². The van der Waals surface area contributed by atoms with Crippen LogP contribution in [0.25, 0.3) is 0 Å². The lowest BCUT2D eigenvalue weighted by molar-refractivity contribution is 0.102. The van der Waals surface area contributed by atoms with Crippen LogP contribution in [0.3, 0.4) is 0 Å². The molecule has 2 aromatic rings. The summed E-state index contributed by atoms with van der Waals surface area (Å²) in [7, 11) is 0. The van der Waals surface area contributed by atoms with Crippen molar-refractivity contribution in [2.24, 2.45) is 0 Å². The molecule has 0 spiro atoms. The number of hydrogen-bond acceptors (Lipinski definition) is 3. The van der Waals surface area contributed by atoms with Gasteiger partial charge in [0.25, 0.3) is 0 Å². The van der Waals surface area contributed by atoms with Crippen LogP contribution in [0.1, 0.15) is 35.0 Å². The van der Waals surface area contributed by atoms with E-state index in [0.29, 0.717) is 22.8 Å². The number of rotatable bonds is 4. The lowest BCUT2D eigenvalue weighted by Gasteiger charge is -2.06. The molecule has 5 heteroatoms. The van der Waals surface area contributed by atoms with Crippen molar-refractivity contribution in [3.05, 3.63) is 46.2 Å². The van der Waals surface area contributed by atoms with Crippen molar-refractivity contribution >= 4 is 17.4 Å². The van der Waals surface area contributed by atoms with Crippen molar-refractivity contribution in [3.8, 4) is 0 Å². The minimum atomic E-state index is -0.0894. The van der Waals surface area contributed by atoms with Crippen LogP contribution in [-0.2, 0) is 6.54 Å². The zero-order valence-corrected chi connectivity index (χ0v) is 11.1. The van der Waals surface area contributed by atoms with Crippen LogP contribution < -0.4 is 0 Å². The van der Waals surface area contributed by atoms with Gasteiger partial charge >= 0.3 is 0 Å². The van der Waals surface area contributed by atoms with Crippen molar-refractivity contribution < 1.29 is 4.79 Å². The van der Waals surface area contributed by atoms with Crippen LogP contribution >= 0.6 is 11.6 Å². The van der Waals surface area contributed by atoms with Crippen LogP contribution in [0.2, 0.25) is 5.02 Å². The Balaban J connectivity index is 2.41. The molecule has 0 saturated heterocycles. The Morgan fingerprint density at radius 3 is 2.94 bits per heavy atom. The zero-order valence-electron chi connectivity index (χ0n) is 10.4. The Labute approximate surface area is 111 Å². The van der Waals surface area contributed by atoms with E-state index in [1.165, 1.54) is 6.20 Å². The highest BCUT2D eigenvalue weighted by molar-refractivity contribution is 6.31. The number of hydrogen-bond donors (Lipinski definition) is 0. The largest absolute Gasteiger partial charge is 0.287 e. The van der Waals surface area contributed by atoms with E-state index < -0.39 is 0 Å². The van der Waals surface area contributed by atoms with E-state index in [1.54, 1.807) is 16.8 Å². The molecular formula is C13H14ClN3O. The molecule has 4 nitrogen and oxygen atoms in total. The molecule has 18 heavy (non-hydrogen) atoms. The van der Waals surface area contributed by atoms with Crippen molar-refractivity contribution in [3.63, 3.8) is 0 Å². The van der Waals surface area contributed by atoms with Crippen molar-refractivity contribution in [2.45, 2.75) is 26.8 Å². The van der Waals surface area contributed by atoms with Crippen LogP contribution in [-0.4, -0.2) is 20.8 Å². The number of ketones is 1. The maximum atomic E-state index is 12.4. The van der Waals surface area contributed by atoms with E-state index in [9.17, 15) is 4.79 Å². The van der Waals surface area contributed by atoms with Gasteiger partial charge in [0.15, 0.2) is 0 Å². The van der Waals surface area contributed by atoms with E-state index in [2.05, 4.69) is 10.3 Å². The summed E-state index contributed by atoms with van der Waals surface area (Å²) in [5, 5.41) is 8.27. The summed E-state index contributed by atoms with van der Waals surface area (Å²) >= 11 is 5.93. The molecule has 0 bridgehead atoms. The molecular weight excluding hydrogens is 250 g/mol. The molecule has 0 aliphatic heterocycles. The highest BCUT2D eigenvalue weighted by Crippen LogP contribution is 2.18. The summed E-state index contributed by atoms with van der Waals surface area (Å²) in [4.78, 5) is 12.4. The second-order valence-electron chi connectivity index (χ2n) is 4.13. The molecule has 0 atom stereocenters. The fourth-order valence-electron chi connectivity index (χ4n) is 1.79. The topological polar surface area (TPSA) is 47.8 Å². The highest BCUT2D eigenvalue weighted by Gasteiger charge is 2.17. The number of aromatic nitrogens is 3. The fraction of sp³-hybridized carbons (Fsp3) is 0.308. The smallest absolute Gasteiger partial charge is 0.213 e. The van der Waals surface area contributed by atoms with Gasteiger partial charge in [-0.25, -0.2) is 4.68 Å². The molecule has 1 heterocycles. The molecule has 0 aliphatic carbocycles. The fourth-order valence-corrected chi connectivity index (χ4v) is 1.96. The first-order valence-electron chi connectivity index (χ1n) is 5.82. The Morgan fingerprint density at radius 2 is 2.22 bits per heavy atom. The summed E-state index contributed by atoms with van der Waals surface area (Å²) in [6.07, 6.45) is 2.40. The average molecular weight is 264 g/mol. The number of aryl methyl sites for hydroxylation is 2. The summed E-state index contributed by atoms with van der Waals surface area (Å²) in [6, 6.07) is 5.29. The van der Waals surface area contributed by atoms with Gasteiger partial charge in [-0.1, -0.05) is 29.8 Å². The van der Waals surface area contributed by atoms with Crippen LogP contribution in [0.15, 0.2) is 24.4 Å². The number of carbonyl (C=O) groups is 1. The first kappa shape index (κ1) is 12.8. The van der Waals surface area contributed by atoms with E-state index in [4.69, 9.17) is 11.6 Å². The number of benzene rings is 1. The predicted molar refractivity (Wildman–Crippen MR) is 69.9 cm³/mol. The lowest BCUT2D eigenvalue weighted by atomic mass is 10.0. The first-order valence-corrected chi connectivity index (χ1v) is 6.20. The molecule has 94 valence electrons. The molecule has 0 amide bonds. The minimum absolute atomic E-state index is 0.0894. The Morgan fingerprint density at radius 1 is 1.44 bits per heavy atom. The first-order chi connectivity index (χ1) is 8.63. The van der Waals surface area contributed by atoms with Crippen LogP contribution in [0.4, 0.5) is 0 Å². The van der Waals surface area contributed by atoms with Crippen molar-refractivity contribution in [1.82, 2.24) is 15.0 Å². The molecule has 1 aromatic heterocycles. The summed E-state index contributed by atoms with van der Waals surface area (Å²) in [5.74, 6) is -0.0894. The zero-order chi connectivity index (χ0) is 13.1. The van der Waals surface area contributed by atoms with Gasteiger partial charge in [-0.3, -0.25) is 4.79 Å². The van der Waals surface area contributed by atoms with Gasteiger partial charge in [0, 0.05) is 17.1 Å². The quantitative estimate of drug-likeness (QED) is 0.797. The molecule has 0 radical (unpaired) electrons. The molecule has 0 fully saturated rings. The SMILES string of the molecule is CCCn1nncc1C(=O)c1cc(Cl)ccc1C. The van der Waals surface area contributed by atoms with Gasteiger partial charge < -0.3 is 0 Å². The summed E-state index contributed by atoms with van der Waals surface area (Å²) in [6.45, 7) is 4.60. The van der Waals surface area contributed by atoms with Gasteiger partial charge in [-0.05, 0) is 31.0 Å². The second-order valence-corrected chi connectivity index (χ2v) is 4.57. The normalized spacial score (nSPS) is 10.6. The predicted octanol–water partition coefficient (Wildman–Crippen LogP) is 2.88. The average Bonchev–Trinajstić information content (AvgIpc) is 2.80. The number of carbonyl (C=O) groups excluding carboxylic acids is 1. The van der Waals surface area contributed by atoms with E-state index in [1.807, 2.05) is 19.9 Å². The number of nitrogens with zero attached hydrogens (tertiary/aromatic N) is 3.